The second kappa shape index (κ2) is 28.0. The zero-order chi connectivity index (χ0) is 22.5. The molecule has 0 aromatic rings. The quantitative estimate of drug-likeness (QED) is 0.203. The van der Waals surface area contributed by atoms with Gasteiger partial charge in [-0.15, -0.1) is 0 Å². The van der Waals surface area contributed by atoms with Gasteiger partial charge in [-0.2, -0.15) is 0 Å². The average molecular weight is 957 g/mol. The Balaban J connectivity index is -0.0000000238. The molecule has 0 aliphatic rings. The van der Waals surface area contributed by atoms with Crippen molar-refractivity contribution in [3.8, 4) is 0 Å². The Morgan fingerprint density at radius 1 is 0.276 bits per heavy atom. The van der Waals surface area contributed by atoms with E-state index in [1.165, 1.54) is 0 Å². The Morgan fingerprint density at radius 2 is 0.276 bits per heavy atom. The zero-order valence-corrected chi connectivity index (χ0v) is 30.4. The molecule has 0 heterocycles. The Kier molecular flexibility index (Phi) is 57.5. The van der Waals surface area contributed by atoms with Gasteiger partial charge in [0.2, 0.25) is 0 Å². The summed E-state index contributed by atoms with van der Waals surface area (Å²) in [4.78, 5) is 0. The molecule has 0 rings (SSSR count). The van der Waals surface area contributed by atoms with Crippen molar-refractivity contribution in [1.29, 1.82) is 0 Å². The van der Waals surface area contributed by atoms with E-state index in [1.807, 2.05) is 0 Å². The van der Waals surface area contributed by atoms with Crippen LogP contribution in [0.3, 0.4) is 0 Å². The van der Waals surface area contributed by atoms with Gasteiger partial charge in [-0.3, -0.25) is 0 Å². The molecule has 0 bridgehead atoms. The van der Waals surface area contributed by atoms with Crippen LogP contribution in [0.4, 0.5) is 0 Å². The van der Waals surface area contributed by atoms with Gasteiger partial charge in [0.05, 0.1) is 0 Å². The molecule has 0 aromatic carbocycles. The van der Waals surface area contributed by atoms with Gasteiger partial charge in [0, 0.05) is 0 Å². The molecule has 0 atom stereocenters. The van der Waals surface area contributed by atoms with E-state index in [2.05, 4.69) is 0 Å². The number of hydrogen-bond acceptors (Lipinski definition) is 20. The molecular weight excluding hydrogens is 957 g/mol. The smallest absolute Gasteiger partial charge is 3.00 e. The van der Waals surface area contributed by atoms with E-state index in [1.54, 1.807) is 0 Å². The predicted octanol–water partition coefficient (Wildman–Crippen LogP) is -13.9. The van der Waals surface area contributed by atoms with E-state index in [0.29, 0.717) is 0 Å². The molecule has 29 heavy (non-hydrogen) atoms. The molecule has 0 saturated heterocycles. The van der Waals surface area contributed by atoms with Gasteiger partial charge < -0.3 is 0 Å². The van der Waals surface area contributed by atoms with Crippen molar-refractivity contribution >= 4 is 75.5 Å². The first-order valence-corrected chi connectivity index (χ1v) is 12.7. The first-order valence-electron chi connectivity index (χ1n) is 3.09. The summed E-state index contributed by atoms with van der Waals surface area (Å²) in [5.41, 5.74) is 0. The van der Waals surface area contributed by atoms with E-state index >= 15 is 0 Å². The van der Waals surface area contributed by atoms with Crippen LogP contribution in [-0.4, -0.2) is 75.5 Å². The molecule has 0 amide bonds. The van der Waals surface area contributed by atoms with E-state index in [9.17, 15) is 0 Å². The normalized spacial score (nSPS) is 10.0. The molecule has 0 radical (unpaired) electrons. The largest absolute Gasteiger partial charge is 3.00 e. The fraction of sp³-hybridized carbons (Fsp3) is 0. The molecule has 29 heteroatoms. The summed E-state index contributed by atoms with van der Waals surface area (Å²) in [7, 11) is 0. The van der Waals surface area contributed by atoms with Crippen molar-refractivity contribution in [3.63, 3.8) is 0 Å². The second-order valence-electron chi connectivity index (χ2n) is 1.89. The first-order chi connectivity index (χ1) is 10.0. The molecule has 165 valence electrons. The third-order valence-electron chi connectivity index (χ3n) is 0. The topological polar surface area (TPSA) is 401 Å². The van der Waals surface area contributed by atoms with Crippen LogP contribution in [0.5, 0.6) is 0 Å². The number of rotatable bonds is 0. The van der Waals surface area contributed by atoms with E-state index in [0.717, 1.165) is 0 Å². The Labute approximate surface area is 297 Å². The van der Waals surface area contributed by atoms with E-state index in [4.69, 9.17) is 80.2 Å². The summed E-state index contributed by atoms with van der Waals surface area (Å²) >= 11 is -28.1. The monoisotopic (exact) mass is 956 g/mol. The van der Waals surface area contributed by atoms with Crippen LogP contribution in [0.25, 0.3) is 0 Å². The maximum absolute atomic E-state index is 8.58. The minimum absolute atomic E-state index is 0. The molecule has 20 nitrogen and oxygen atoms in total. The summed E-state index contributed by atoms with van der Waals surface area (Å²) in [5.74, 6) is 0. The van der Waals surface area contributed by atoms with Gasteiger partial charge in [0.25, 0.3) is 0 Å². The van der Waals surface area contributed by atoms with Crippen LogP contribution < -0.4 is 41.9 Å². The molecule has 0 aromatic heterocycles. The van der Waals surface area contributed by atoms with Crippen molar-refractivity contribution in [3.05, 3.63) is 0 Å². The second-order valence-corrected chi connectivity index (χ2v) is 7.79. The molecule has 0 aliphatic carbocycles. The third kappa shape index (κ3) is 1120. The zero-order valence-electron chi connectivity index (χ0n) is 12.6. The van der Waals surface area contributed by atoms with Crippen molar-refractivity contribution < 1.29 is 230 Å². The Bertz CT molecular complexity index is 629. The minimum atomic E-state index is -5.62. The van der Waals surface area contributed by atoms with Crippen molar-refractivity contribution in [2.24, 2.45) is 0 Å². The fourth-order valence-corrected chi connectivity index (χ4v) is 0. The van der Waals surface area contributed by atoms with E-state index < -0.39 is 66.8 Å². The first kappa shape index (κ1) is 59.5. The van der Waals surface area contributed by atoms with Gasteiger partial charge in [-0.1, -0.05) is 0 Å². The van der Waals surface area contributed by atoms with Crippen LogP contribution in [0.1, 0.15) is 0 Å². The molecule has 0 N–H and O–H groups in total. The van der Waals surface area contributed by atoms with Crippen molar-refractivity contribution in [1.82, 2.24) is 0 Å². The SMILES string of the molecule is [Ca+2].[Ca+2].[O]=[Mn](=[O])([O-])[O-].[O]=[Mn](=[O])([O-])[O-].[O]=[Mn](=[O])([O-])[O-].[O]=[Mn](=[O])([O-])[O-].[O]=[Mn](=[O])([O-])[O-].[Pr+3].[Pr+3]. The van der Waals surface area contributed by atoms with Crippen LogP contribution >= 0.6 is 0 Å². The standard InChI is InChI=1S/2Ca.5Mn.20O.2Pr/q2*+2;;;;;;;;;;;;;;;;10*-1;2*+3. The van der Waals surface area contributed by atoms with Gasteiger partial charge in [-0.05, 0) is 0 Å². The minimum Gasteiger partial charge on any atom is 3.00 e. The van der Waals surface area contributed by atoms with Crippen molar-refractivity contribution in [2.75, 3.05) is 0 Å². The summed E-state index contributed by atoms with van der Waals surface area (Å²) in [6, 6.07) is 0. The van der Waals surface area contributed by atoms with Crippen LogP contribution in [0, 0.1) is 82.6 Å². The van der Waals surface area contributed by atoms with E-state index in [-0.39, 0.29) is 158 Å². The third-order valence-corrected chi connectivity index (χ3v) is 0. The van der Waals surface area contributed by atoms with Crippen LogP contribution in [0.2, 0.25) is 0 Å². The Hall–Kier alpha value is 5.44. The summed E-state index contributed by atoms with van der Waals surface area (Å²) in [6.45, 7) is 0. The summed E-state index contributed by atoms with van der Waals surface area (Å²) in [6.07, 6.45) is 0. The maximum atomic E-state index is 8.58. The molecule has 0 saturated carbocycles. The molecule has 0 aliphatic heterocycles. The summed E-state index contributed by atoms with van der Waals surface area (Å²) < 4.78 is 172. The van der Waals surface area contributed by atoms with Gasteiger partial charge >= 0.3 is 305 Å². The van der Waals surface area contributed by atoms with Gasteiger partial charge in [0.1, 0.15) is 0 Å². The molecule has 0 unspecified atom stereocenters. The maximum Gasteiger partial charge on any atom is 3.00 e. The van der Waals surface area contributed by atoms with Crippen LogP contribution in [-0.2, 0) is 105 Å². The average Bonchev–Trinajstić information content (AvgIpc) is 1.79. The molecular formula is Ca2Mn5O20Pr2. The Morgan fingerprint density at radius 3 is 0.276 bits per heavy atom. The van der Waals surface area contributed by atoms with Crippen LogP contribution in [0.15, 0.2) is 0 Å². The van der Waals surface area contributed by atoms with Crippen molar-refractivity contribution in [2.45, 2.75) is 0 Å². The van der Waals surface area contributed by atoms with Gasteiger partial charge in [-0.25, -0.2) is 0 Å². The fourth-order valence-electron chi connectivity index (χ4n) is 0. The van der Waals surface area contributed by atoms with Gasteiger partial charge in [0.15, 0.2) is 0 Å². The molecule has 0 spiro atoms. The molecule has 0 fully saturated rings. The number of hydrogen-bond donors (Lipinski definition) is 0. The summed E-state index contributed by atoms with van der Waals surface area (Å²) in [5, 5.41) is 0. The predicted molar refractivity (Wildman–Crippen MR) is 18.4 cm³/mol.